The molecule has 0 bridgehead atoms. The van der Waals surface area contributed by atoms with Crippen LogP contribution in [0.25, 0.3) is 0 Å². The molecule has 0 saturated heterocycles. The van der Waals surface area contributed by atoms with Crippen molar-refractivity contribution in [2.45, 2.75) is 12.8 Å². The van der Waals surface area contributed by atoms with Gasteiger partial charge in [-0.05, 0) is 74.3 Å². The molecule has 1 amide bonds. The Balaban J connectivity index is 2.39. The minimum absolute atomic E-state index is 0.0289. The number of nitrogens with one attached hydrogen (secondary N) is 1. The summed E-state index contributed by atoms with van der Waals surface area (Å²) in [7, 11) is 4.06. The number of benzene rings is 1. The summed E-state index contributed by atoms with van der Waals surface area (Å²) in [5, 5.41) is 12.4. The average Bonchev–Trinajstić information content (AvgIpc) is 2.31. The SMILES string of the molecule is CN(C)CCCCNC(=O)c1cc(I)ccc1O. The van der Waals surface area contributed by atoms with Crippen LogP contribution in [0.3, 0.4) is 0 Å². The van der Waals surface area contributed by atoms with E-state index in [1.54, 1.807) is 18.2 Å². The van der Waals surface area contributed by atoms with E-state index in [1.807, 2.05) is 14.1 Å². The minimum atomic E-state index is -0.212. The van der Waals surface area contributed by atoms with Crippen LogP contribution in [0.2, 0.25) is 0 Å². The molecule has 18 heavy (non-hydrogen) atoms. The van der Waals surface area contributed by atoms with Crippen LogP contribution in [0.5, 0.6) is 5.75 Å². The van der Waals surface area contributed by atoms with E-state index in [2.05, 4.69) is 32.8 Å². The van der Waals surface area contributed by atoms with Gasteiger partial charge in [-0.15, -0.1) is 0 Å². The largest absolute Gasteiger partial charge is 0.507 e. The Bertz CT molecular complexity index is 408. The van der Waals surface area contributed by atoms with Crippen LogP contribution < -0.4 is 5.32 Å². The van der Waals surface area contributed by atoms with Gasteiger partial charge in [0.05, 0.1) is 5.56 Å². The first-order chi connectivity index (χ1) is 8.50. The zero-order valence-electron chi connectivity index (χ0n) is 10.7. The molecule has 0 atom stereocenters. The lowest BCUT2D eigenvalue weighted by atomic mass is 10.2. The molecule has 0 saturated carbocycles. The van der Waals surface area contributed by atoms with Gasteiger partial charge in [-0.1, -0.05) is 0 Å². The summed E-state index contributed by atoms with van der Waals surface area (Å²) < 4.78 is 0.933. The fraction of sp³-hybridized carbons (Fsp3) is 0.462. The summed E-state index contributed by atoms with van der Waals surface area (Å²) in [4.78, 5) is 13.9. The molecule has 5 heteroatoms. The van der Waals surface area contributed by atoms with Gasteiger partial charge in [0, 0.05) is 10.1 Å². The molecule has 2 N–H and O–H groups in total. The highest BCUT2D eigenvalue weighted by atomic mass is 127. The third-order valence-electron chi connectivity index (χ3n) is 2.52. The Kier molecular flexibility index (Phi) is 6.42. The van der Waals surface area contributed by atoms with E-state index in [9.17, 15) is 9.90 Å². The molecule has 0 radical (unpaired) electrons. The molecule has 100 valence electrons. The molecule has 1 rings (SSSR count). The topological polar surface area (TPSA) is 52.6 Å². The lowest BCUT2D eigenvalue weighted by molar-refractivity contribution is 0.0950. The quantitative estimate of drug-likeness (QED) is 0.602. The lowest BCUT2D eigenvalue weighted by Crippen LogP contribution is -2.25. The molecule has 0 spiro atoms. The number of hydrogen-bond acceptors (Lipinski definition) is 3. The highest BCUT2D eigenvalue weighted by molar-refractivity contribution is 14.1. The zero-order chi connectivity index (χ0) is 13.5. The molecule has 0 aromatic heterocycles. The maximum atomic E-state index is 11.8. The van der Waals surface area contributed by atoms with Crippen molar-refractivity contribution in [2.75, 3.05) is 27.2 Å². The number of rotatable bonds is 6. The normalized spacial score (nSPS) is 10.7. The summed E-state index contributed by atoms with van der Waals surface area (Å²) in [6.07, 6.45) is 1.99. The average molecular weight is 362 g/mol. The molecule has 4 nitrogen and oxygen atoms in total. The number of hydrogen-bond donors (Lipinski definition) is 2. The molecule has 0 aliphatic rings. The Labute approximate surface area is 122 Å². The first-order valence-electron chi connectivity index (χ1n) is 5.92. The van der Waals surface area contributed by atoms with Gasteiger partial charge >= 0.3 is 0 Å². The fourth-order valence-corrected chi connectivity index (χ4v) is 2.03. The molecule has 0 fully saturated rings. The molecule has 0 aliphatic heterocycles. The molecular formula is C13H19IN2O2. The number of carbonyl (C=O) groups excluding carboxylic acids is 1. The van der Waals surface area contributed by atoms with Gasteiger partial charge in [0.15, 0.2) is 0 Å². The van der Waals surface area contributed by atoms with E-state index < -0.39 is 0 Å². The fourth-order valence-electron chi connectivity index (χ4n) is 1.54. The minimum Gasteiger partial charge on any atom is -0.507 e. The second-order valence-electron chi connectivity index (χ2n) is 4.43. The van der Waals surface area contributed by atoms with Crippen molar-refractivity contribution >= 4 is 28.5 Å². The summed E-state index contributed by atoms with van der Waals surface area (Å²) in [6, 6.07) is 5.00. The van der Waals surface area contributed by atoms with Gasteiger partial charge in [0.2, 0.25) is 0 Å². The van der Waals surface area contributed by atoms with Crippen LogP contribution >= 0.6 is 22.6 Å². The van der Waals surface area contributed by atoms with Crippen LogP contribution in [0.15, 0.2) is 18.2 Å². The Morgan fingerprint density at radius 2 is 2.11 bits per heavy atom. The van der Waals surface area contributed by atoms with Crippen LogP contribution in [-0.2, 0) is 0 Å². The van der Waals surface area contributed by atoms with Gasteiger partial charge in [-0.25, -0.2) is 0 Å². The van der Waals surface area contributed by atoms with Crippen LogP contribution in [0, 0.1) is 3.57 Å². The predicted octanol–water partition coefficient (Wildman–Crippen LogP) is 2.07. The predicted molar refractivity (Wildman–Crippen MR) is 80.9 cm³/mol. The maximum absolute atomic E-state index is 11.8. The van der Waals surface area contributed by atoms with Crippen LogP contribution in [0.4, 0.5) is 0 Å². The molecule has 0 heterocycles. The Hall–Kier alpha value is -0.820. The molecule has 1 aromatic carbocycles. The monoisotopic (exact) mass is 362 g/mol. The number of unbranched alkanes of at least 4 members (excludes halogenated alkanes) is 1. The summed E-state index contributed by atoms with van der Waals surface area (Å²) in [5.74, 6) is -0.183. The van der Waals surface area contributed by atoms with Gasteiger partial charge in [0.25, 0.3) is 5.91 Å². The summed E-state index contributed by atoms with van der Waals surface area (Å²) >= 11 is 2.12. The zero-order valence-corrected chi connectivity index (χ0v) is 12.9. The number of halogens is 1. The van der Waals surface area contributed by atoms with Gasteiger partial charge < -0.3 is 15.3 Å². The molecule has 0 aliphatic carbocycles. The lowest BCUT2D eigenvalue weighted by Gasteiger charge is -2.10. The second kappa shape index (κ2) is 7.58. The molecule has 0 unspecified atom stereocenters. The number of aromatic hydroxyl groups is 1. The third kappa shape index (κ3) is 5.22. The standard InChI is InChI=1S/C13H19IN2O2/c1-16(2)8-4-3-7-15-13(18)11-9-10(14)5-6-12(11)17/h5-6,9,17H,3-4,7-8H2,1-2H3,(H,15,18). The molecule has 1 aromatic rings. The van der Waals surface area contributed by atoms with Crippen molar-refractivity contribution in [3.63, 3.8) is 0 Å². The van der Waals surface area contributed by atoms with E-state index in [0.717, 1.165) is 23.0 Å². The maximum Gasteiger partial charge on any atom is 0.255 e. The van der Waals surface area contributed by atoms with E-state index >= 15 is 0 Å². The number of carbonyl (C=O) groups is 1. The third-order valence-corrected chi connectivity index (χ3v) is 3.19. The first-order valence-corrected chi connectivity index (χ1v) is 7.00. The van der Waals surface area contributed by atoms with Crippen molar-refractivity contribution in [3.8, 4) is 5.75 Å². The van der Waals surface area contributed by atoms with Crippen molar-refractivity contribution in [1.29, 1.82) is 0 Å². The summed E-state index contributed by atoms with van der Waals surface area (Å²) in [5.41, 5.74) is 0.342. The number of amides is 1. The van der Waals surface area contributed by atoms with Gasteiger partial charge in [-0.2, -0.15) is 0 Å². The Morgan fingerprint density at radius 3 is 2.78 bits per heavy atom. The number of phenolic OH excluding ortho intramolecular Hbond substituents is 1. The molecular weight excluding hydrogens is 343 g/mol. The van der Waals surface area contributed by atoms with E-state index in [-0.39, 0.29) is 11.7 Å². The van der Waals surface area contributed by atoms with Crippen molar-refractivity contribution in [2.24, 2.45) is 0 Å². The van der Waals surface area contributed by atoms with Crippen molar-refractivity contribution in [3.05, 3.63) is 27.3 Å². The van der Waals surface area contributed by atoms with E-state index in [4.69, 9.17) is 0 Å². The Morgan fingerprint density at radius 1 is 1.39 bits per heavy atom. The number of phenols is 1. The van der Waals surface area contributed by atoms with Gasteiger partial charge in [-0.3, -0.25) is 4.79 Å². The van der Waals surface area contributed by atoms with Crippen molar-refractivity contribution in [1.82, 2.24) is 10.2 Å². The summed E-state index contributed by atoms with van der Waals surface area (Å²) in [6.45, 7) is 1.65. The number of nitrogens with zero attached hydrogens (tertiary/aromatic N) is 1. The smallest absolute Gasteiger partial charge is 0.255 e. The van der Waals surface area contributed by atoms with Crippen LogP contribution in [-0.4, -0.2) is 43.1 Å². The second-order valence-corrected chi connectivity index (χ2v) is 5.67. The van der Waals surface area contributed by atoms with Gasteiger partial charge in [0.1, 0.15) is 5.75 Å². The first kappa shape index (κ1) is 15.2. The van der Waals surface area contributed by atoms with E-state index in [1.165, 1.54) is 0 Å². The van der Waals surface area contributed by atoms with Crippen LogP contribution in [0.1, 0.15) is 23.2 Å². The highest BCUT2D eigenvalue weighted by Gasteiger charge is 2.10. The van der Waals surface area contributed by atoms with E-state index in [0.29, 0.717) is 12.1 Å². The highest BCUT2D eigenvalue weighted by Crippen LogP contribution is 2.19. The van der Waals surface area contributed by atoms with Crippen molar-refractivity contribution < 1.29 is 9.90 Å².